The van der Waals surface area contributed by atoms with Gasteiger partial charge in [-0.2, -0.15) is 0 Å². The number of thioether (sulfide) groups is 1. The minimum absolute atomic E-state index is 0.0278. The zero-order chi connectivity index (χ0) is 14.0. The van der Waals surface area contributed by atoms with Crippen LogP contribution in [-0.4, -0.2) is 26.8 Å². The Labute approximate surface area is 135 Å². The molecule has 1 amide bonds. The number of amides is 1. The van der Waals surface area contributed by atoms with Gasteiger partial charge >= 0.3 is 0 Å². The van der Waals surface area contributed by atoms with Crippen molar-refractivity contribution in [1.29, 1.82) is 0 Å². The first-order chi connectivity index (χ1) is 9.02. The molecule has 2 rings (SSSR count). The zero-order valence-corrected chi connectivity index (χ0v) is 14.0. The lowest BCUT2D eigenvalue weighted by molar-refractivity contribution is -0.122. The van der Waals surface area contributed by atoms with E-state index in [1.807, 2.05) is 19.1 Å². The highest BCUT2D eigenvalue weighted by atomic mass is 127. The number of thiocarbonyl (C=S) groups is 1. The number of phenolic OH excluding ortho intramolecular Hbond substituents is 1. The maximum absolute atomic E-state index is 12.2. The molecule has 6 heteroatoms. The predicted molar refractivity (Wildman–Crippen MR) is 91.0 cm³/mol. The molecular formula is C13H12INO2S2. The van der Waals surface area contributed by atoms with Crippen LogP contribution in [0, 0.1) is 3.57 Å². The summed E-state index contributed by atoms with van der Waals surface area (Å²) in [5.41, 5.74) is 0.888. The fraction of sp³-hybridized carbons (Fsp3) is 0.231. The molecule has 1 aliphatic heterocycles. The Hall–Kier alpha value is -0.600. The molecule has 1 heterocycles. The largest absolute Gasteiger partial charge is 0.507 e. The zero-order valence-electron chi connectivity index (χ0n) is 10.2. The smallest absolute Gasteiger partial charge is 0.266 e. The van der Waals surface area contributed by atoms with Crippen LogP contribution in [-0.2, 0) is 4.79 Å². The molecule has 3 nitrogen and oxygen atoms in total. The van der Waals surface area contributed by atoms with E-state index in [2.05, 4.69) is 22.6 Å². The van der Waals surface area contributed by atoms with E-state index in [9.17, 15) is 9.90 Å². The second kappa shape index (κ2) is 6.23. The van der Waals surface area contributed by atoms with Crippen molar-refractivity contribution in [3.8, 4) is 5.75 Å². The number of nitrogens with zero attached hydrogens (tertiary/aromatic N) is 1. The second-order valence-electron chi connectivity index (χ2n) is 4.04. The summed E-state index contributed by atoms with van der Waals surface area (Å²) >= 11 is 8.60. The van der Waals surface area contributed by atoms with E-state index >= 15 is 0 Å². The third kappa shape index (κ3) is 3.29. The molecule has 19 heavy (non-hydrogen) atoms. The Morgan fingerprint density at radius 1 is 1.53 bits per heavy atom. The number of hydrogen-bond donors (Lipinski definition) is 1. The molecular weight excluding hydrogens is 393 g/mol. The maximum atomic E-state index is 12.2. The number of benzene rings is 1. The van der Waals surface area contributed by atoms with Crippen LogP contribution in [0.25, 0.3) is 6.08 Å². The molecule has 0 bridgehead atoms. The van der Waals surface area contributed by atoms with Crippen LogP contribution < -0.4 is 0 Å². The van der Waals surface area contributed by atoms with Crippen LogP contribution >= 0.6 is 46.6 Å². The number of carbonyl (C=O) groups is 1. The number of carbonyl (C=O) groups excluding carboxylic acids is 1. The van der Waals surface area contributed by atoms with E-state index < -0.39 is 0 Å². The topological polar surface area (TPSA) is 40.5 Å². The molecule has 1 fully saturated rings. The predicted octanol–water partition coefficient (Wildman–Crippen LogP) is 3.61. The molecule has 0 unspecified atom stereocenters. The van der Waals surface area contributed by atoms with E-state index in [-0.39, 0.29) is 11.7 Å². The Bertz CT molecular complexity index is 572. The fourth-order valence-electron chi connectivity index (χ4n) is 1.68. The van der Waals surface area contributed by atoms with Crippen LogP contribution in [0.15, 0.2) is 23.1 Å². The van der Waals surface area contributed by atoms with Gasteiger partial charge in [0.1, 0.15) is 10.1 Å². The van der Waals surface area contributed by atoms with E-state index in [4.69, 9.17) is 12.2 Å². The number of rotatable bonds is 3. The van der Waals surface area contributed by atoms with Gasteiger partial charge < -0.3 is 5.11 Å². The summed E-state index contributed by atoms with van der Waals surface area (Å²) in [6.45, 7) is 2.68. The van der Waals surface area contributed by atoms with Gasteiger partial charge in [-0.05, 0) is 52.8 Å². The lowest BCUT2D eigenvalue weighted by atomic mass is 10.2. The number of halogens is 1. The summed E-state index contributed by atoms with van der Waals surface area (Å²) in [7, 11) is 0. The monoisotopic (exact) mass is 405 g/mol. The highest BCUT2D eigenvalue weighted by Crippen LogP contribution is 2.33. The van der Waals surface area contributed by atoms with E-state index in [1.54, 1.807) is 17.0 Å². The van der Waals surface area contributed by atoms with Crippen LogP contribution in [0.3, 0.4) is 0 Å². The van der Waals surface area contributed by atoms with Crippen LogP contribution in [0.2, 0.25) is 0 Å². The average molecular weight is 405 g/mol. The summed E-state index contributed by atoms with van der Waals surface area (Å²) in [4.78, 5) is 14.4. The van der Waals surface area contributed by atoms with Crippen molar-refractivity contribution in [2.24, 2.45) is 0 Å². The van der Waals surface area contributed by atoms with Crippen molar-refractivity contribution < 1.29 is 9.90 Å². The Morgan fingerprint density at radius 3 is 2.89 bits per heavy atom. The molecule has 100 valence electrons. The molecule has 1 aliphatic rings. The molecule has 0 atom stereocenters. The van der Waals surface area contributed by atoms with E-state index in [0.717, 1.165) is 15.6 Å². The van der Waals surface area contributed by atoms with Gasteiger partial charge in [-0.25, -0.2) is 0 Å². The van der Waals surface area contributed by atoms with Crippen LogP contribution in [0.5, 0.6) is 5.75 Å². The Balaban J connectivity index is 2.27. The first-order valence-corrected chi connectivity index (χ1v) is 8.07. The second-order valence-corrected chi connectivity index (χ2v) is 6.88. The SMILES string of the molecule is CCCN1C(=O)C(=Cc2ccc(O)c(I)c2)SC1=S. The molecule has 0 aliphatic carbocycles. The standard InChI is InChI=1S/C13H12INO2S2/c1-2-5-15-12(17)11(19-13(15)18)7-8-3-4-10(16)9(14)6-8/h3-4,6-7,16H,2,5H2,1H3. The van der Waals surface area contributed by atoms with Crippen LogP contribution in [0.1, 0.15) is 18.9 Å². The van der Waals surface area contributed by atoms with E-state index in [1.165, 1.54) is 11.8 Å². The van der Waals surface area contributed by atoms with Crippen molar-refractivity contribution in [3.05, 3.63) is 32.2 Å². The van der Waals surface area contributed by atoms with Crippen molar-refractivity contribution in [2.75, 3.05) is 6.54 Å². The average Bonchev–Trinajstić information content (AvgIpc) is 2.62. The fourth-order valence-corrected chi connectivity index (χ4v) is 3.53. The molecule has 0 saturated carbocycles. The van der Waals surface area contributed by atoms with Gasteiger partial charge in [0.25, 0.3) is 5.91 Å². The maximum Gasteiger partial charge on any atom is 0.266 e. The Morgan fingerprint density at radius 2 is 2.26 bits per heavy atom. The molecule has 0 spiro atoms. The molecule has 0 aromatic heterocycles. The highest BCUT2D eigenvalue weighted by molar-refractivity contribution is 14.1. The summed E-state index contributed by atoms with van der Waals surface area (Å²) in [5, 5.41) is 9.48. The third-order valence-electron chi connectivity index (χ3n) is 2.59. The van der Waals surface area contributed by atoms with Crippen molar-refractivity contribution in [3.63, 3.8) is 0 Å². The van der Waals surface area contributed by atoms with Gasteiger partial charge in [0.15, 0.2) is 0 Å². The minimum atomic E-state index is -0.0278. The molecule has 1 N–H and O–H groups in total. The van der Waals surface area contributed by atoms with Gasteiger partial charge in [-0.1, -0.05) is 37.0 Å². The minimum Gasteiger partial charge on any atom is -0.507 e. The van der Waals surface area contributed by atoms with Gasteiger partial charge in [-0.15, -0.1) is 0 Å². The lowest BCUT2D eigenvalue weighted by Crippen LogP contribution is -2.28. The summed E-state index contributed by atoms with van der Waals surface area (Å²) < 4.78 is 1.38. The van der Waals surface area contributed by atoms with Crippen LogP contribution in [0.4, 0.5) is 0 Å². The lowest BCUT2D eigenvalue weighted by Gasteiger charge is -2.11. The van der Waals surface area contributed by atoms with Gasteiger partial charge in [0, 0.05) is 6.54 Å². The summed E-state index contributed by atoms with van der Waals surface area (Å²) in [6, 6.07) is 5.24. The Kier molecular flexibility index (Phi) is 4.86. The molecule has 1 aromatic rings. The summed E-state index contributed by atoms with van der Waals surface area (Å²) in [6.07, 6.45) is 2.70. The normalized spacial score (nSPS) is 17.6. The van der Waals surface area contributed by atoms with Crippen molar-refractivity contribution in [2.45, 2.75) is 13.3 Å². The van der Waals surface area contributed by atoms with E-state index in [0.29, 0.717) is 15.8 Å². The first-order valence-electron chi connectivity index (χ1n) is 5.77. The molecule has 1 aromatic carbocycles. The van der Waals surface area contributed by atoms with Gasteiger partial charge in [0.2, 0.25) is 0 Å². The first kappa shape index (κ1) is 14.8. The highest BCUT2D eigenvalue weighted by Gasteiger charge is 2.31. The van der Waals surface area contributed by atoms with Crippen molar-refractivity contribution >= 4 is 62.9 Å². The number of phenols is 1. The number of aromatic hydroxyl groups is 1. The van der Waals surface area contributed by atoms with Crippen molar-refractivity contribution in [1.82, 2.24) is 4.90 Å². The molecule has 1 saturated heterocycles. The van der Waals surface area contributed by atoms with Gasteiger partial charge in [-0.3, -0.25) is 9.69 Å². The summed E-state index contributed by atoms with van der Waals surface area (Å²) in [5.74, 6) is 0.219. The molecule has 0 radical (unpaired) electrons. The number of hydrogen-bond acceptors (Lipinski definition) is 4. The van der Waals surface area contributed by atoms with Gasteiger partial charge in [0.05, 0.1) is 8.48 Å². The quantitative estimate of drug-likeness (QED) is 0.474. The third-order valence-corrected chi connectivity index (χ3v) is 4.83.